The molecule has 3 heterocycles. The predicted molar refractivity (Wildman–Crippen MR) is 138 cm³/mol. The molecule has 2 aromatic heterocycles. The molecule has 5 nitrogen and oxygen atoms in total. The number of nitrogens with one attached hydrogen (secondary N) is 1. The van der Waals surface area contributed by atoms with Gasteiger partial charge >= 0.3 is 0 Å². The van der Waals surface area contributed by atoms with Crippen LogP contribution >= 0.6 is 22.7 Å². The number of hydrogen-bond donors (Lipinski definition) is 1. The van der Waals surface area contributed by atoms with Crippen LogP contribution < -0.4 is 15.7 Å². The molecule has 5 aromatic rings. The highest BCUT2D eigenvalue weighted by atomic mass is 32.1. The molecule has 1 aliphatic rings. The summed E-state index contributed by atoms with van der Waals surface area (Å²) in [5, 5.41) is 11.5. The molecule has 3 aromatic carbocycles. The molecule has 0 radical (unpaired) electrons. The Hall–Kier alpha value is -3.94. The van der Waals surface area contributed by atoms with Crippen LogP contribution in [-0.2, 0) is 0 Å². The van der Waals surface area contributed by atoms with Crippen LogP contribution in [0.15, 0.2) is 114 Å². The second-order valence-electron chi connectivity index (χ2n) is 7.38. The monoisotopic (exact) mass is 465 g/mol. The maximum Gasteiger partial charge on any atom is 0.228 e. The smallest absolute Gasteiger partial charge is 0.228 e. The van der Waals surface area contributed by atoms with E-state index in [1.807, 2.05) is 70.9 Å². The highest BCUT2D eigenvalue weighted by Crippen LogP contribution is 2.41. The van der Waals surface area contributed by atoms with Crippen molar-refractivity contribution in [3.63, 3.8) is 0 Å². The fourth-order valence-electron chi connectivity index (χ4n) is 3.67. The average molecular weight is 466 g/mol. The summed E-state index contributed by atoms with van der Waals surface area (Å²) in [5.41, 5.74) is 7.61. The molecule has 33 heavy (non-hydrogen) atoms. The number of nitrogens with zero attached hydrogens (tertiary/aromatic N) is 4. The van der Waals surface area contributed by atoms with Crippen LogP contribution in [0, 0.1) is 0 Å². The topological polar surface area (TPSA) is 43.8 Å². The van der Waals surface area contributed by atoms with Crippen molar-refractivity contribution in [3.8, 4) is 21.7 Å². The number of para-hydroxylation sites is 1. The number of thiazole rings is 1. The molecule has 0 spiro atoms. The van der Waals surface area contributed by atoms with E-state index in [1.54, 1.807) is 22.7 Å². The van der Waals surface area contributed by atoms with Crippen LogP contribution in [0.2, 0.25) is 0 Å². The maximum atomic E-state index is 5.10. The number of thiophene rings is 1. The number of anilines is 2. The molecular formula is C26H19N5S2. The van der Waals surface area contributed by atoms with E-state index in [0.717, 1.165) is 43.2 Å². The summed E-state index contributed by atoms with van der Waals surface area (Å²) in [6, 6.07) is 35.0. The van der Waals surface area contributed by atoms with Crippen LogP contribution in [0.5, 0.6) is 0 Å². The van der Waals surface area contributed by atoms with Gasteiger partial charge in [0.05, 0.1) is 21.1 Å². The summed E-state index contributed by atoms with van der Waals surface area (Å²) in [5.74, 6) is 0.798. The fourth-order valence-corrected chi connectivity index (χ4v) is 5.37. The SMILES string of the molecule is c1ccc(-c2nc(N3NC(c4cccs4)=NN3c3ccccc3)sc2-c2ccccc2)cc1. The van der Waals surface area contributed by atoms with Crippen molar-refractivity contribution in [1.82, 2.24) is 10.4 Å². The van der Waals surface area contributed by atoms with Gasteiger partial charge in [-0.15, -0.1) is 26.7 Å². The number of hydrazine groups is 2. The number of benzene rings is 3. The van der Waals surface area contributed by atoms with Crippen LogP contribution in [0.1, 0.15) is 4.88 Å². The van der Waals surface area contributed by atoms with Crippen LogP contribution in [0.4, 0.5) is 10.8 Å². The van der Waals surface area contributed by atoms with Crippen molar-refractivity contribution in [2.24, 2.45) is 5.10 Å². The Morgan fingerprint density at radius 3 is 2.03 bits per heavy atom. The third-order valence-electron chi connectivity index (χ3n) is 5.22. The first kappa shape index (κ1) is 19.7. The van der Waals surface area contributed by atoms with Gasteiger partial charge in [0.15, 0.2) is 5.84 Å². The van der Waals surface area contributed by atoms with Crippen molar-refractivity contribution >= 4 is 39.3 Å². The highest BCUT2D eigenvalue weighted by Gasteiger charge is 2.30. The number of hydrogen-bond acceptors (Lipinski definition) is 7. The Morgan fingerprint density at radius 1 is 0.697 bits per heavy atom. The molecule has 6 rings (SSSR count). The quantitative estimate of drug-likeness (QED) is 0.316. The third kappa shape index (κ3) is 3.77. The molecule has 160 valence electrons. The lowest BCUT2D eigenvalue weighted by molar-refractivity contribution is 0.767. The lowest BCUT2D eigenvalue weighted by atomic mass is 10.1. The Kier molecular flexibility index (Phi) is 5.10. The number of hydrazone groups is 1. The van der Waals surface area contributed by atoms with Crippen LogP contribution in [-0.4, -0.2) is 10.8 Å². The van der Waals surface area contributed by atoms with Gasteiger partial charge in [0.1, 0.15) is 0 Å². The number of amidine groups is 1. The fraction of sp³-hybridized carbons (Fsp3) is 0. The molecule has 1 aliphatic heterocycles. The van der Waals surface area contributed by atoms with E-state index in [4.69, 9.17) is 10.1 Å². The molecule has 0 atom stereocenters. The standard InChI is InChI=1S/C26H19N5S2/c1-4-11-19(12-5-1)23-24(20-13-6-2-7-14-20)33-26(27-23)31-29-25(22-17-10-18-32-22)28-30(31)21-15-8-3-9-16-21/h1-18H,(H,28,29). The molecule has 0 unspecified atom stereocenters. The highest BCUT2D eigenvalue weighted by molar-refractivity contribution is 7.19. The van der Waals surface area contributed by atoms with Crippen molar-refractivity contribution in [1.29, 1.82) is 0 Å². The summed E-state index contributed by atoms with van der Waals surface area (Å²) in [6.45, 7) is 0. The van der Waals surface area contributed by atoms with Gasteiger partial charge in [0.25, 0.3) is 0 Å². The van der Waals surface area contributed by atoms with Crippen molar-refractivity contribution in [3.05, 3.63) is 113 Å². The molecule has 0 bridgehead atoms. The van der Waals surface area contributed by atoms with Gasteiger partial charge in [0.2, 0.25) is 5.13 Å². The van der Waals surface area contributed by atoms with E-state index in [0.29, 0.717) is 0 Å². The van der Waals surface area contributed by atoms with Gasteiger partial charge < -0.3 is 0 Å². The minimum absolute atomic E-state index is 0.798. The molecule has 7 heteroatoms. The summed E-state index contributed by atoms with van der Waals surface area (Å²) >= 11 is 3.30. The predicted octanol–water partition coefficient (Wildman–Crippen LogP) is 6.65. The van der Waals surface area contributed by atoms with Gasteiger partial charge in [0, 0.05) is 5.56 Å². The van der Waals surface area contributed by atoms with Crippen LogP contribution in [0.3, 0.4) is 0 Å². The van der Waals surface area contributed by atoms with Gasteiger partial charge in [-0.25, -0.2) is 4.98 Å². The minimum Gasteiger partial charge on any atom is -0.256 e. The Bertz CT molecular complexity index is 1320. The van der Waals surface area contributed by atoms with E-state index in [-0.39, 0.29) is 0 Å². The summed E-state index contributed by atoms with van der Waals surface area (Å²) < 4.78 is 0. The van der Waals surface area contributed by atoms with Crippen molar-refractivity contribution < 1.29 is 0 Å². The van der Waals surface area contributed by atoms with E-state index >= 15 is 0 Å². The zero-order valence-corrected chi connectivity index (χ0v) is 19.1. The van der Waals surface area contributed by atoms with Gasteiger partial charge in [-0.2, -0.15) is 0 Å². The van der Waals surface area contributed by atoms with E-state index in [2.05, 4.69) is 53.3 Å². The molecule has 0 saturated heterocycles. The third-order valence-corrected chi connectivity index (χ3v) is 7.17. The second kappa shape index (κ2) is 8.54. The lowest BCUT2D eigenvalue weighted by Gasteiger charge is -2.25. The Labute approximate surface area is 199 Å². The minimum atomic E-state index is 0.798. The first-order valence-electron chi connectivity index (χ1n) is 10.5. The Morgan fingerprint density at radius 2 is 1.36 bits per heavy atom. The molecule has 0 aliphatic carbocycles. The van der Waals surface area contributed by atoms with Gasteiger partial charge in [-0.05, 0) is 29.1 Å². The molecule has 0 amide bonds. The van der Waals surface area contributed by atoms with E-state index in [9.17, 15) is 0 Å². The lowest BCUT2D eigenvalue weighted by Crippen LogP contribution is -2.44. The first-order valence-corrected chi connectivity index (χ1v) is 12.2. The molecular weight excluding hydrogens is 446 g/mol. The first-order chi connectivity index (χ1) is 16.4. The molecule has 1 N–H and O–H groups in total. The second-order valence-corrected chi connectivity index (χ2v) is 9.31. The normalized spacial score (nSPS) is 13.2. The van der Waals surface area contributed by atoms with E-state index in [1.165, 1.54) is 0 Å². The number of aromatic nitrogens is 1. The zero-order chi connectivity index (χ0) is 22.0. The summed E-state index contributed by atoms with van der Waals surface area (Å²) in [7, 11) is 0. The van der Waals surface area contributed by atoms with E-state index < -0.39 is 0 Å². The summed E-state index contributed by atoms with van der Waals surface area (Å²) in [4.78, 5) is 7.29. The zero-order valence-electron chi connectivity index (χ0n) is 17.5. The van der Waals surface area contributed by atoms with Crippen molar-refractivity contribution in [2.45, 2.75) is 0 Å². The Balaban J connectivity index is 1.47. The van der Waals surface area contributed by atoms with Gasteiger partial charge in [-0.3, -0.25) is 5.43 Å². The van der Waals surface area contributed by atoms with Gasteiger partial charge in [-0.1, -0.05) is 96.3 Å². The van der Waals surface area contributed by atoms with Crippen LogP contribution in [0.25, 0.3) is 21.7 Å². The summed E-state index contributed by atoms with van der Waals surface area (Å²) in [6.07, 6.45) is 0. The molecule has 0 fully saturated rings. The average Bonchev–Trinajstić information content (AvgIpc) is 3.65. The number of rotatable bonds is 5. The largest absolute Gasteiger partial charge is 0.256 e. The molecule has 0 saturated carbocycles. The van der Waals surface area contributed by atoms with Crippen molar-refractivity contribution in [2.75, 3.05) is 10.2 Å². The maximum absolute atomic E-state index is 5.10.